The SMILES string of the molecule is O=C(O)C1CC1C(=O)NCc1ncon1. The highest BCUT2D eigenvalue weighted by molar-refractivity contribution is 5.89. The van der Waals surface area contributed by atoms with E-state index in [2.05, 4.69) is 20.0 Å². The van der Waals surface area contributed by atoms with Crippen molar-refractivity contribution in [2.24, 2.45) is 11.8 Å². The molecule has 0 aliphatic heterocycles. The molecule has 7 heteroatoms. The predicted octanol–water partition coefficient (Wildman–Crippen LogP) is -0.594. The zero-order valence-corrected chi connectivity index (χ0v) is 7.71. The van der Waals surface area contributed by atoms with Gasteiger partial charge in [0.2, 0.25) is 12.3 Å². The van der Waals surface area contributed by atoms with Gasteiger partial charge in [-0.2, -0.15) is 4.98 Å². The van der Waals surface area contributed by atoms with E-state index < -0.39 is 17.8 Å². The van der Waals surface area contributed by atoms with Gasteiger partial charge in [-0.1, -0.05) is 5.16 Å². The molecule has 1 aromatic rings. The van der Waals surface area contributed by atoms with E-state index in [1.54, 1.807) is 0 Å². The monoisotopic (exact) mass is 211 g/mol. The summed E-state index contributed by atoms with van der Waals surface area (Å²) in [5, 5.41) is 14.7. The molecule has 0 saturated heterocycles. The topological polar surface area (TPSA) is 105 Å². The fourth-order valence-electron chi connectivity index (χ4n) is 1.33. The molecule has 1 fully saturated rings. The van der Waals surface area contributed by atoms with Gasteiger partial charge in [0, 0.05) is 0 Å². The van der Waals surface area contributed by atoms with E-state index >= 15 is 0 Å². The minimum atomic E-state index is -0.922. The van der Waals surface area contributed by atoms with Crippen molar-refractivity contribution in [3.8, 4) is 0 Å². The summed E-state index contributed by atoms with van der Waals surface area (Å²) < 4.78 is 4.48. The van der Waals surface area contributed by atoms with Crippen LogP contribution in [-0.2, 0) is 16.1 Å². The van der Waals surface area contributed by atoms with Crippen molar-refractivity contribution in [3.05, 3.63) is 12.2 Å². The van der Waals surface area contributed by atoms with E-state index in [0.29, 0.717) is 12.2 Å². The van der Waals surface area contributed by atoms with Crippen LogP contribution < -0.4 is 5.32 Å². The number of hydrogen-bond acceptors (Lipinski definition) is 5. The number of aliphatic carboxylic acids is 1. The van der Waals surface area contributed by atoms with Crippen molar-refractivity contribution in [1.82, 2.24) is 15.5 Å². The van der Waals surface area contributed by atoms with Crippen LogP contribution in [-0.4, -0.2) is 27.1 Å². The van der Waals surface area contributed by atoms with Crippen LogP contribution >= 0.6 is 0 Å². The molecule has 15 heavy (non-hydrogen) atoms. The molecule has 1 aromatic heterocycles. The molecular weight excluding hydrogens is 202 g/mol. The van der Waals surface area contributed by atoms with Crippen molar-refractivity contribution < 1.29 is 19.2 Å². The van der Waals surface area contributed by atoms with Crippen LogP contribution in [0, 0.1) is 11.8 Å². The Bertz CT molecular complexity index is 375. The second-order valence-corrected chi connectivity index (χ2v) is 3.35. The summed E-state index contributed by atoms with van der Waals surface area (Å²) in [5.41, 5.74) is 0. The molecule has 1 amide bonds. The third kappa shape index (κ3) is 2.12. The van der Waals surface area contributed by atoms with Crippen LogP contribution in [0.15, 0.2) is 10.9 Å². The van der Waals surface area contributed by atoms with Crippen LogP contribution in [0.25, 0.3) is 0 Å². The van der Waals surface area contributed by atoms with Gasteiger partial charge in [-0.05, 0) is 6.42 Å². The maximum Gasteiger partial charge on any atom is 0.307 e. The van der Waals surface area contributed by atoms with Crippen LogP contribution in [0.1, 0.15) is 12.2 Å². The maximum absolute atomic E-state index is 11.4. The number of amides is 1. The van der Waals surface area contributed by atoms with Gasteiger partial charge in [-0.15, -0.1) is 0 Å². The number of carbonyl (C=O) groups excluding carboxylic acids is 1. The summed E-state index contributed by atoms with van der Waals surface area (Å²) in [6, 6.07) is 0. The summed E-state index contributed by atoms with van der Waals surface area (Å²) in [6.45, 7) is 0.165. The molecule has 2 rings (SSSR count). The normalized spacial score (nSPS) is 23.5. The zero-order chi connectivity index (χ0) is 10.8. The summed E-state index contributed by atoms with van der Waals surface area (Å²) in [7, 11) is 0. The largest absolute Gasteiger partial charge is 0.481 e. The lowest BCUT2D eigenvalue weighted by Gasteiger charge is -1.99. The Hall–Kier alpha value is -1.92. The van der Waals surface area contributed by atoms with Crippen LogP contribution in [0.5, 0.6) is 0 Å². The molecule has 7 nitrogen and oxygen atoms in total. The fourth-order valence-corrected chi connectivity index (χ4v) is 1.33. The Kier molecular flexibility index (Phi) is 2.36. The molecule has 1 heterocycles. The quantitative estimate of drug-likeness (QED) is 0.689. The summed E-state index contributed by atoms with van der Waals surface area (Å²) >= 11 is 0. The Morgan fingerprint density at radius 1 is 1.60 bits per heavy atom. The number of carboxylic acid groups (broad SMARTS) is 1. The van der Waals surface area contributed by atoms with Gasteiger partial charge in [0.15, 0.2) is 5.82 Å². The number of nitrogens with one attached hydrogen (secondary N) is 1. The minimum Gasteiger partial charge on any atom is -0.481 e. The Morgan fingerprint density at radius 3 is 2.93 bits per heavy atom. The van der Waals surface area contributed by atoms with Crippen LogP contribution in [0.2, 0.25) is 0 Å². The average molecular weight is 211 g/mol. The van der Waals surface area contributed by atoms with Crippen LogP contribution in [0.4, 0.5) is 0 Å². The van der Waals surface area contributed by atoms with Gasteiger partial charge in [0.05, 0.1) is 18.4 Å². The Balaban J connectivity index is 1.77. The summed E-state index contributed by atoms with van der Waals surface area (Å²) in [5.74, 6) is -1.76. The lowest BCUT2D eigenvalue weighted by atomic mass is 10.3. The maximum atomic E-state index is 11.4. The van der Waals surface area contributed by atoms with E-state index in [1.807, 2.05) is 0 Å². The molecule has 0 radical (unpaired) electrons. The van der Waals surface area contributed by atoms with E-state index in [0.717, 1.165) is 0 Å². The standard InChI is InChI=1S/C8H9N3O4/c12-7(4-1-5(4)8(13)14)9-2-6-10-3-15-11-6/h3-5H,1-2H2,(H,9,12)(H,13,14). The smallest absolute Gasteiger partial charge is 0.307 e. The van der Waals surface area contributed by atoms with Gasteiger partial charge in [-0.3, -0.25) is 9.59 Å². The summed E-state index contributed by atoms with van der Waals surface area (Å²) in [4.78, 5) is 25.6. The number of aromatic nitrogens is 2. The number of carboxylic acids is 1. The minimum absolute atomic E-state index is 0.165. The first-order valence-corrected chi connectivity index (χ1v) is 4.44. The molecule has 0 spiro atoms. The molecule has 2 unspecified atom stereocenters. The lowest BCUT2D eigenvalue weighted by Crippen LogP contribution is -2.26. The van der Waals surface area contributed by atoms with Gasteiger partial charge in [0.25, 0.3) is 0 Å². The van der Waals surface area contributed by atoms with E-state index in [9.17, 15) is 9.59 Å². The molecule has 0 aromatic carbocycles. The molecule has 2 atom stereocenters. The van der Waals surface area contributed by atoms with E-state index in [4.69, 9.17) is 5.11 Å². The van der Waals surface area contributed by atoms with E-state index in [1.165, 1.54) is 6.39 Å². The summed E-state index contributed by atoms with van der Waals surface area (Å²) in [6.07, 6.45) is 1.58. The van der Waals surface area contributed by atoms with Crippen molar-refractivity contribution >= 4 is 11.9 Å². The van der Waals surface area contributed by atoms with Gasteiger partial charge >= 0.3 is 5.97 Å². The molecule has 2 N–H and O–H groups in total. The Labute approximate surface area is 84.5 Å². The van der Waals surface area contributed by atoms with Crippen molar-refractivity contribution in [1.29, 1.82) is 0 Å². The first-order chi connectivity index (χ1) is 7.18. The predicted molar refractivity (Wildman–Crippen MR) is 45.4 cm³/mol. The number of carbonyl (C=O) groups is 2. The van der Waals surface area contributed by atoms with Crippen molar-refractivity contribution in [3.63, 3.8) is 0 Å². The van der Waals surface area contributed by atoms with Crippen molar-refractivity contribution in [2.45, 2.75) is 13.0 Å². The number of hydrogen-bond donors (Lipinski definition) is 2. The second kappa shape index (κ2) is 3.68. The van der Waals surface area contributed by atoms with Gasteiger partial charge in [-0.25, -0.2) is 0 Å². The Morgan fingerprint density at radius 2 is 2.40 bits per heavy atom. The molecule has 0 bridgehead atoms. The number of rotatable bonds is 4. The third-order valence-corrected chi connectivity index (χ3v) is 2.27. The lowest BCUT2D eigenvalue weighted by molar-refractivity contribution is -0.140. The first kappa shape index (κ1) is 9.63. The molecule has 1 aliphatic rings. The highest BCUT2D eigenvalue weighted by atomic mass is 16.5. The number of nitrogens with zero attached hydrogens (tertiary/aromatic N) is 2. The zero-order valence-electron chi connectivity index (χ0n) is 7.71. The van der Waals surface area contributed by atoms with Gasteiger partial charge in [0.1, 0.15) is 0 Å². The van der Waals surface area contributed by atoms with Gasteiger partial charge < -0.3 is 14.9 Å². The molecular formula is C8H9N3O4. The molecule has 1 saturated carbocycles. The van der Waals surface area contributed by atoms with E-state index in [-0.39, 0.29) is 12.5 Å². The first-order valence-electron chi connectivity index (χ1n) is 4.44. The second-order valence-electron chi connectivity index (χ2n) is 3.35. The fraction of sp³-hybridized carbons (Fsp3) is 0.500. The highest BCUT2D eigenvalue weighted by Crippen LogP contribution is 2.38. The molecule has 80 valence electrons. The molecule has 1 aliphatic carbocycles. The highest BCUT2D eigenvalue weighted by Gasteiger charge is 2.48. The third-order valence-electron chi connectivity index (χ3n) is 2.27. The average Bonchev–Trinajstić information content (AvgIpc) is 2.85. The van der Waals surface area contributed by atoms with Crippen molar-refractivity contribution in [2.75, 3.05) is 0 Å². The van der Waals surface area contributed by atoms with Crippen LogP contribution in [0.3, 0.4) is 0 Å².